The number of carbonyl (C=O) groups is 1. The molecule has 1 aromatic carbocycles. The number of rotatable bonds is 6. The fraction of sp³-hybridized carbons (Fsp3) is 0.462. The molecule has 6 nitrogen and oxygen atoms in total. The molecule has 1 aromatic rings. The van der Waals surface area contributed by atoms with E-state index in [-0.39, 0.29) is 4.90 Å². The summed E-state index contributed by atoms with van der Waals surface area (Å²) in [5.41, 5.74) is -0.0937. The summed E-state index contributed by atoms with van der Waals surface area (Å²) in [5, 5.41) is 18.5. The van der Waals surface area contributed by atoms with Crippen molar-refractivity contribution in [1.82, 2.24) is 4.31 Å². The van der Waals surface area contributed by atoms with Crippen molar-refractivity contribution in [3.8, 4) is 5.75 Å². The number of carboxylic acid groups (broad SMARTS) is 1. The van der Waals surface area contributed by atoms with E-state index in [0.29, 0.717) is 25.1 Å². The van der Waals surface area contributed by atoms with Gasteiger partial charge in [-0.1, -0.05) is 13.8 Å². The first-order valence-electron chi connectivity index (χ1n) is 6.32. The molecule has 0 aliphatic carbocycles. The Balaban J connectivity index is 3.45. The van der Waals surface area contributed by atoms with Gasteiger partial charge in [0.15, 0.2) is 0 Å². The zero-order valence-electron chi connectivity index (χ0n) is 11.8. The highest BCUT2D eigenvalue weighted by Crippen LogP contribution is 2.27. The fourth-order valence-electron chi connectivity index (χ4n) is 1.96. The first-order chi connectivity index (χ1) is 9.25. The van der Waals surface area contributed by atoms with Gasteiger partial charge in [-0.25, -0.2) is 13.2 Å². The Hall–Kier alpha value is -1.60. The number of hydrogen-bond donors (Lipinski definition) is 2. The normalized spacial score (nSPS) is 11.8. The summed E-state index contributed by atoms with van der Waals surface area (Å²) < 4.78 is 26.3. The Morgan fingerprint density at radius 1 is 1.30 bits per heavy atom. The lowest BCUT2D eigenvalue weighted by Gasteiger charge is -2.21. The van der Waals surface area contributed by atoms with E-state index in [1.165, 1.54) is 11.2 Å². The second kappa shape index (κ2) is 6.23. The van der Waals surface area contributed by atoms with Gasteiger partial charge in [-0.15, -0.1) is 0 Å². The Bertz CT molecular complexity index is 609. The van der Waals surface area contributed by atoms with Gasteiger partial charge < -0.3 is 10.2 Å². The van der Waals surface area contributed by atoms with Crippen LogP contribution < -0.4 is 0 Å². The van der Waals surface area contributed by atoms with Crippen LogP contribution in [-0.2, 0) is 10.0 Å². The SMILES string of the molecule is CCCN(CC)S(=O)(=O)c1cc(C(=O)O)c(O)cc1C. The van der Waals surface area contributed by atoms with Gasteiger partial charge in [0.2, 0.25) is 10.0 Å². The van der Waals surface area contributed by atoms with Crippen molar-refractivity contribution in [3.63, 3.8) is 0 Å². The van der Waals surface area contributed by atoms with Crippen molar-refractivity contribution in [1.29, 1.82) is 0 Å². The Labute approximate surface area is 118 Å². The van der Waals surface area contributed by atoms with Crippen LogP contribution in [0.1, 0.15) is 36.2 Å². The molecule has 0 fully saturated rings. The number of aromatic hydroxyl groups is 1. The van der Waals surface area contributed by atoms with Gasteiger partial charge in [0.05, 0.1) is 4.90 Å². The second-order valence-electron chi connectivity index (χ2n) is 4.44. The molecular formula is C13H19NO5S. The van der Waals surface area contributed by atoms with E-state index in [1.807, 2.05) is 6.92 Å². The van der Waals surface area contributed by atoms with Crippen LogP contribution in [0, 0.1) is 6.92 Å². The fourth-order valence-corrected chi connectivity index (χ4v) is 3.73. The molecule has 0 aliphatic rings. The van der Waals surface area contributed by atoms with Crippen molar-refractivity contribution in [2.45, 2.75) is 32.1 Å². The van der Waals surface area contributed by atoms with E-state index in [9.17, 15) is 18.3 Å². The van der Waals surface area contributed by atoms with Crippen LogP contribution in [0.4, 0.5) is 0 Å². The van der Waals surface area contributed by atoms with Gasteiger partial charge in [0.25, 0.3) is 0 Å². The molecule has 7 heteroatoms. The number of hydrogen-bond acceptors (Lipinski definition) is 4. The summed E-state index contributed by atoms with van der Waals surface area (Å²) in [6.07, 6.45) is 0.663. The van der Waals surface area contributed by atoms with Crippen LogP contribution in [0.25, 0.3) is 0 Å². The highest BCUT2D eigenvalue weighted by atomic mass is 32.2. The number of carboxylic acids is 1. The molecule has 2 N–H and O–H groups in total. The minimum absolute atomic E-state index is 0.0806. The lowest BCUT2D eigenvalue weighted by molar-refractivity contribution is 0.0693. The molecule has 0 radical (unpaired) electrons. The summed E-state index contributed by atoms with van der Waals surface area (Å²) in [6.45, 7) is 5.78. The molecule has 112 valence electrons. The summed E-state index contributed by atoms with van der Waals surface area (Å²) in [6, 6.07) is 2.18. The van der Waals surface area contributed by atoms with Crippen molar-refractivity contribution in [3.05, 3.63) is 23.3 Å². The lowest BCUT2D eigenvalue weighted by Crippen LogP contribution is -2.32. The third-order valence-corrected chi connectivity index (χ3v) is 5.08. The number of aryl methyl sites for hydroxylation is 1. The van der Waals surface area contributed by atoms with Crippen LogP contribution in [0.15, 0.2) is 17.0 Å². The Morgan fingerprint density at radius 3 is 2.35 bits per heavy atom. The largest absolute Gasteiger partial charge is 0.507 e. The third-order valence-electron chi connectivity index (χ3n) is 2.97. The van der Waals surface area contributed by atoms with Crippen molar-refractivity contribution < 1.29 is 23.4 Å². The summed E-state index contributed by atoms with van der Waals surface area (Å²) in [7, 11) is -3.76. The maximum absolute atomic E-state index is 12.5. The van der Waals surface area contributed by atoms with Crippen LogP contribution in [0.2, 0.25) is 0 Å². The lowest BCUT2D eigenvalue weighted by atomic mass is 10.1. The number of phenols is 1. The minimum atomic E-state index is -3.76. The summed E-state index contributed by atoms with van der Waals surface area (Å²) in [4.78, 5) is 10.9. The standard InChI is InChI=1S/C13H19NO5S/c1-4-6-14(5-2)20(18,19)12-8-10(13(16)17)11(15)7-9(12)3/h7-8,15H,4-6H2,1-3H3,(H,16,17). The number of nitrogens with zero attached hydrogens (tertiary/aromatic N) is 1. The highest BCUT2D eigenvalue weighted by Gasteiger charge is 2.26. The van der Waals surface area contributed by atoms with E-state index in [4.69, 9.17) is 5.11 Å². The van der Waals surface area contributed by atoms with E-state index < -0.39 is 27.3 Å². The molecule has 0 saturated carbocycles. The first-order valence-corrected chi connectivity index (χ1v) is 7.76. The van der Waals surface area contributed by atoms with Gasteiger partial charge in [0.1, 0.15) is 11.3 Å². The molecule has 0 bridgehead atoms. The molecule has 0 unspecified atom stereocenters. The molecule has 0 aliphatic heterocycles. The maximum atomic E-state index is 12.5. The van der Waals surface area contributed by atoms with E-state index in [1.54, 1.807) is 6.92 Å². The number of aromatic carboxylic acids is 1. The zero-order valence-corrected chi connectivity index (χ0v) is 12.6. The molecular weight excluding hydrogens is 282 g/mol. The minimum Gasteiger partial charge on any atom is -0.507 e. The molecule has 20 heavy (non-hydrogen) atoms. The van der Waals surface area contributed by atoms with Gasteiger partial charge in [-0.2, -0.15) is 4.31 Å². The van der Waals surface area contributed by atoms with E-state index >= 15 is 0 Å². The van der Waals surface area contributed by atoms with Crippen LogP contribution in [0.3, 0.4) is 0 Å². The number of sulfonamides is 1. The van der Waals surface area contributed by atoms with Gasteiger partial charge in [-0.05, 0) is 31.0 Å². The first kappa shape index (κ1) is 16.5. The monoisotopic (exact) mass is 301 g/mol. The van der Waals surface area contributed by atoms with Crippen molar-refractivity contribution in [2.75, 3.05) is 13.1 Å². The Kier molecular flexibility index (Phi) is 5.13. The van der Waals surface area contributed by atoms with E-state index in [0.717, 1.165) is 12.1 Å². The van der Waals surface area contributed by atoms with Gasteiger partial charge in [-0.3, -0.25) is 0 Å². The van der Waals surface area contributed by atoms with Gasteiger partial charge >= 0.3 is 5.97 Å². The van der Waals surface area contributed by atoms with Crippen molar-refractivity contribution in [2.24, 2.45) is 0 Å². The molecule has 0 spiro atoms. The summed E-state index contributed by atoms with van der Waals surface area (Å²) >= 11 is 0. The average Bonchev–Trinajstić information content (AvgIpc) is 2.34. The highest BCUT2D eigenvalue weighted by molar-refractivity contribution is 7.89. The van der Waals surface area contributed by atoms with Crippen LogP contribution in [-0.4, -0.2) is 42.0 Å². The van der Waals surface area contributed by atoms with Crippen molar-refractivity contribution >= 4 is 16.0 Å². The predicted octanol–water partition coefficient (Wildman–Crippen LogP) is 1.82. The van der Waals surface area contributed by atoms with Crippen LogP contribution >= 0.6 is 0 Å². The molecule has 0 heterocycles. The number of benzene rings is 1. The topological polar surface area (TPSA) is 94.9 Å². The quantitative estimate of drug-likeness (QED) is 0.835. The summed E-state index contributed by atoms with van der Waals surface area (Å²) in [5.74, 6) is -1.80. The predicted molar refractivity (Wildman–Crippen MR) is 74.5 cm³/mol. The van der Waals surface area contributed by atoms with Crippen LogP contribution in [0.5, 0.6) is 5.75 Å². The molecule has 0 saturated heterocycles. The molecule has 0 amide bonds. The maximum Gasteiger partial charge on any atom is 0.339 e. The molecule has 0 atom stereocenters. The molecule has 0 aromatic heterocycles. The van der Waals surface area contributed by atoms with E-state index in [2.05, 4.69) is 0 Å². The molecule has 1 rings (SSSR count). The average molecular weight is 301 g/mol. The second-order valence-corrected chi connectivity index (χ2v) is 6.34. The Morgan fingerprint density at radius 2 is 1.90 bits per heavy atom. The van der Waals surface area contributed by atoms with Gasteiger partial charge in [0, 0.05) is 13.1 Å². The smallest absolute Gasteiger partial charge is 0.339 e. The zero-order chi connectivity index (χ0) is 15.5. The third kappa shape index (κ3) is 3.10.